The lowest BCUT2D eigenvalue weighted by Crippen LogP contribution is -2.23. The van der Waals surface area contributed by atoms with Crippen LogP contribution in [-0.2, 0) is 6.54 Å². The van der Waals surface area contributed by atoms with E-state index in [1.54, 1.807) is 0 Å². The smallest absolute Gasteiger partial charge is 0.0608 e. The first-order chi connectivity index (χ1) is 6.94. The highest BCUT2D eigenvalue weighted by Crippen LogP contribution is 2.16. The molecule has 0 saturated carbocycles. The van der Waals surface area contributed by atoms with Crippen molar-refractivity contribution in [1.82, 2.24) is 9.88 Å². The van der Waals surface area contributed by atoms with E-state index in [2.05, 4.69) is 29.1 Å². The molecule has 1 atom stereocenters. The van der Waals surface area contributed by atoms with Crippen molar-refractivity contribution in [1.29, 1.82) is 0 Å². The molecule has 0 fully saturated rings. The summed E-state index contributed by atoms with van der Waals surface area (Å²) < 4.78 is 2.19. The third kappa shape index (κ3) is 3.68. The quantitative estimate of drug-likeness (QED) is 0.779. The maximum atomic E-state index is 9.67. The fourth-order valence-electron chi connectivity index (χ4n) is 1.57. The second kappa shape index (κ2) is 4.81. The van der Waals surface area contributed by atoms with E-state index in [1.165, 1.54) is 5.69 Å². The minimum absolute atomic E-state index is 0.349. The first-order valence-electron chi connectivity index (χ1n) is 5.49. The summed E-state index contributed by atoms with van der Waals surface area (Å²) in [4.78, 5) is 0. The average Bonchev–Trinajstić information content (AvgIpc) is 2.60. The molecule has 2 N–H and O–H groups in total. The standard InChI is InChI=1S/C12H22N2O/c1-10(13-4)11-6-5-8-14(11)9-7-12(2,3)15/h5-6,8,10,13,15H,7,9H2,1-4H3. The lowest BCUT2D eigenvalue weighted by atomic mass is 10.1. The highest BCUT2D eigenvalue weighted by Gasteiger charge is 2.14. The lowest BCUT2D eigenvalue weighted by molar-refractivity contribution is 0.0659. The molecule has 0 aromatic carbocycles. The van der Waals surface area contributed by atoms with Gasteiger partial charge in [-0.05, 0) is 46.4 Å². The molecule has 0 amide bonds. The summed E-state index contributed by atoms with van der Waals surface area (Å²) in [5.41, 5.74) is 0.673. The molecule has 1 aromatic rings. The predicted molar refractivity (Wildman–Crippen MR) is 62.8 cm³/mol. The van der Waals surface area contributed by atoms with Gasteiger partial charge < -0.3 is 15.0 Å². The Kier molecular flexibility index (Phi) is 3.94. The molecular weight excluding hydrogens is 188 g/mol. The average molecular weight is 210 g/mol. The van der Waals surface area contributed by atoms with E-state index in [0.717, 1.165) is 13.0 Å². The van der Waals surface area contributed by atoms with Crippen molar-refractivity contribution in [3.8, 4) is 0 Å². The van der Waals surface area contributed by atoms with Gasteiger partial charge in [0.05, 0.1) is 5.60 Å². The zero-order chi connectivity index (χ0) is 11.5. The van der Waals surface area contributed by atoms with E-state index in [1.807, 2.05) is 27.0 Å². The van der Waals surface area contributed by atoms with Crippen LogP contribution in [0.25, 0.3) is 0 Å². The molecule has 1 rings (SSSR count). The van der Waals surface area contributed by atoms with Gasteiger partial charge in [0, 0.05) is 24.5 Å². The summed E-state index contributed by atoms with van der Waals surface area (Å²) in [6.07, 6.45) is 2.83. The number of aromatic nitrogens is 1. The van der Waals surface area contributed by atoms with Crippen LogP contribution < -0.4 is 5.32 Å². The number of nitrogens with zero attached hydrogens (tertiary/aromatic N) is 1. The van der Waals surface area contributed by atoms with Crippen molar-refractivity contribution in [2.24, 2.45) is 0 Å². The van der Waals surface area contributed by atoms with Gasteiger partial charge in [0.25, 0.3) is 0 Å². The number of nitrogens with one attached hydrogen (secondary N) is 1. The van der Waals surface area contributed by atoms with Gasteiger partial charge >= 0.3 is 0 Å². The third-order valence-corrected chi connectivity index (χ3v) is 2.71. The topological polar surface area (TPSA) is 37.2 Å². The number of rotatable bonds is 5. The molecule has 3 heteroatoms. The van der Waals surface area contributed by atoms with Gasteiger partial charge in [-0.25, -0.2) is 0 Å². The minimum Gasteiger partial charge on any atom is -0.390 e. The van der Waals surface area contributed by atoms with E-state index in [0.29, 0.717) is 6.04 Å². The molecule has 86 valence electrons. The van der Waals surface area contributed by atoms with Crippen LogP contribution in [0.1, 0.15) is 38.9 Å². The summed E-state index contributed by atoms with van der Waals surface area (Å²) in [6, 6.07) is 4.51. The molecule has 0 bridgehead atoms. The summed E-state index contributed by atoms with van der Waals surface area (Å²) >= 11 is 0. The zero-order valence-electron chi connectivity index (χ0n) is 10.1. The van der Waals surface area contributed by atoms with Crippen molar-refractivity contribution in [2.45, 2.75) is 45.4 Å². The van der Waals surface area contributed by atoms with E-state index >= 15 is 0 Å². The molecule has 0 radical (unpaired) electrons. The SMILES string of the molecule is CNC(C)c1cccn1CCC(C)(C)O. The molecule has 1 aromatic heterocycles. The fourth-order valence-corrected chi connectivity index (χ4v) is 1.57. The van der Waals surface area contributed by atoms with E-state index < -0.39 is 5.60 Å². The van der Waals surface area contributed by atoms with E-state index in [9.17, 15) is 5.11 Å². The second-order valence-electron chi connectivity index (χ2n) is 4.70. The maximum Gasteiger partial charge on any atom is 0.0608 e. The van der Waals surface area contributed by atoms with Gasteiger partial charge in [-0.2, -0.15) is 0 Å². The Morgan fingerprint density at radius 3 is 2.73 bits per heavy atom. The Morgan fingerprint density at radius 1 is 1.53 bits per heavy atom. The molecule has 1 unspecified atom stereocenters. The molecule has 1 heterocycles. The molecule has 0 spiro atoms. The van der Waals surface area contributed by atoms with Gasteiger partial charge in [-0.15, -0.1) is 0 Å². The van der Waals surface area contributed by atoms with Crippen molar-refractivity contribution in [2.75, 3.05) is 7.05 Å². The van der Waals surface area contributed by atoms with Crippen LogP contribution in [0.3, 0.4) is 0 Å². The number of hydrogen-bond acceptors (Lipinski definition) is 2. The third-order valence-electron chi connectivity index (χ3n) is 2.71. The van der Waals surface area contributed by atoms with Crippen LogP contribution in [0, 0.1) is 0 Å². The van der Waals surface area contributed by atoms with Crippen molar-refractivity contribution in [3.63, 3.8) is 0 Å². The Balaban J connectivity index is 2.65. The Labute approximate surface area is 92.1 Å². The van der Waals surface area contributed by atoms with E-state index in [-0.39, 0.29) is 0 Å². The second-order valence-corrected chi connectivity index (χ2v) is 4.70. The van der Waals surface area contributed by atoms with Crippen LogP contribution >= 0.6 is 0 Å². The summed E-state index contributed by atoms with van der Waals surface area (Å²) in [5.74, 6) is 0. The van der Waals surface area contributed by atoms with Gasteiger partial charge in [-0.1, -0.05) is 0 Å². The highest BCUT2D eigenvalue weighted by molar-refractivity contribution is 5.11. The van der Waals surface area contributed by atoms with Crippen molar-refractivity contribution >= 4 is 0 Å². The first kappa shape index (κ1) is 12.3. The van der Waals surface area contributed by atoms with Crippen LogP contribution in [0.5, 0.6) is 0 Å². The minimum atomic E-state index is -0.593. The first-order valence-corrected chi connectivity index (χ1v) is 5.49. The summed E-state index contributed by atoms with van der Waals surface area (Å²) in [5, 5.41) is 12.9. The van der Waals surface area contributed by atoms with E-state index in [4.69, 9.17) is 0 Å². The molecule has 0 saturated heterocycles. The van der Waals surface area contributed by atoms with Crippen molar-refractivity contribution < 1.29 is 5.11 Å². The van der Waals surface area contributed by atoms with Crippen molar-refractivity contribution in [3.05, 3.63) is 24.0 Å². The number of aliphatic hydroxyl groups is 1. The molecule has 15 heavy (non-hydrogen) atoms. The van der Waals surface area contributed by atoms with Gasteiger partial charge in [-0.3, -0.25) is 0 Å². The molecule has 3 nitrogen and oxygen atoms in total. The molecule has 0 aliphatic rings. The van der Waals surface area contributed by atoms with Crippen LogP contribution in [-0.4, -0.2) is 22.3 Å². The summed E-state index contributed by atoms with van der Waals surface area (Å²) in [6.45, 7) is 6.68. The predicted octanol–water partition coefficient (Wildman–Crippen LogP) is 1.93. The van der Waals surface area contributed by atoms with Crippen LogP contribution in [0.4, 0.5) is 0 Å². The largest absolute Gasteiger partial charge is 0.390 e. The number of aryl methyl sites for hydroxylation is 1. The molecule has 0 aliphatic heterocycles. The Morgan fingerprint density at radius 2 is 2.20 bits per heavy atom. The van der Waals surface area contributed by atoms with Gasteiger partial charge in [0.15, 0.2) is 0 Å². The number of hydrogen-bond donors (Lipinski definition) is 2. The summed E-state index contributed by atoms with van der Waals surface area (Å²) in [7, 11) is 1.96. The highest BCUT2D eigenvalue weighted by atomic mass is 16.3. The van der Waals surface area contributed by atoms with Crippen LogP contribution in [0.15, 0.2) is 18.3 Å². The zero-order valence-corrected chi connectivity index (χ0v) is 10.1. The maximum absolute atomic E-state index is 9.67. The van der Waals surface area contributed by atoms with Crippen LogP contribution in [0.2, 0.25) is 0 Å². The fraction of sp³-hybridized carbons (Fsp3) is 0.667. The Bertz CT molecular complexity index is 299. The molecular formula is C12H22N2O. The Hall–Kier alpha value is -0.800. The lowest BCUT2D eigenvalue weighted by Gasteiger charge is -2.20. The van der Waals surface area contributed by atoms with Gasteiger partial charge in [0.2, 0.25) is 0 Å². The van der Waals surface area contributed by atoms with Gasteiger partial charge in [0.1, 0.15) is 0 Å². The monoisotopic (exact) mass is 210 g/mol. The normalized spacial score (nSPS) is 14.2. The molecule has 0 aliphatic carbocycles.